The number of carbonyl (C=O) groups is 3. The summed E-state index contributed by atoms with van der Waals surface area (Å²) in [4.78, 5) is 39.5. The van der Waals surface area contributed by atoms with Crippen LogP contribution in [0.4, 0.5) is 9.59 Å². The van der Waals surface area contributed by atoms with E-state index in [2.05, 4.69) is 39.6 Å². The lowest BCUT2D eigenvalue weighted by Gasteiger charge is -2.28. The summed E-state index contributed by atoms with van der Waals surface area (Å²) in [6.45, 7) is 12.7. The Hall–Kier alpha value is -2.07. The first-order chi connectivity index (χ1) is 30.8. The molecule has 0 amide bonds. The highest BCUT2D eigenvalue weighted by Crippen LogP contribution is 2.23. The Bertz CT molecular complexity index is 956. The van der Waals surface area contributed by atoms with Gasteiger partial charge in [-0.15, -0.1) is 0 Å². The Morgan fingerprint density at radius 3 is 1.19 bits per heavy atom. The Balaban J connectivity index is 2.27. The van der Waals surface area contributed by atoms with Gasteiger partial charge in [-0.3, -0.25) is 0 Å². The average Bonchev–Trinajstić information content (AvgIpc) is 3.27. The van der Waals surface area contributed by atoms with Gasteiger partial charge in [0.05, 0.1) is 32.5 Å². The highest BCUT2D eigenvalue weighted by Gasteiger charge is 2.20. The van der Waals surface area contributed by atoms with E-state index in [1.807, 2.05) is 0 Å². The highest BCUT2D eigenvalue weighted by molar-refractivity contribution is 5.70. The van der Waals surface area contributed by atoms with Crippen LogP contribution < -0.4 is 0 Å². The SMILES string of the molecule is CCCCCC(CCCCC)CCOC(=O)OCCCCCCCCC(CCCCCCCCOC(=O)OCCC(CCCCC)CCCCC)OC(=O)COC1CCN(C)CC1. The fourth-order valence-electron chi connectivity index (χ4n) is 8.79. The molecule has 0 N–H and O–H groups in total. The third-order valence-corrected chi connectivity index (χ3v) is 13.0. The van der Waals surface area contributed by atoms with Crippen molar-refractivity contribution < 1.29 is 42.8 Å². The molecule has 0 saturated carbocycles. The first-order valence-corrected chi connectivity index (χ1v) is 26.9. The molecule has 1 saturated heterocycles. The van der Waals surface area contributed by atoms with Gasteiger partial charge in [0, 0.05) is 13.1 Å². The second-order valence-electron chi connectivity index (χ2n) is 18.9. The molecule has 0 bridgehead atoms. The zero-order valence-electron chi connectivity index (χ0n) is 41.9. The van der Waals surface area contributed by atoms with Crippen LogP contribution in [-0.2, 0) is 33.2 Å². The molecular formula is C53H101NO9. The van der Waals surface area contributed by atoms with Crippen LogP contribution in [0.3, 0.4) is 0 Å². The third-order valence-electron chi connectivity index (χ3n) is 13.0. The minimum atomic E-state index is -0.526. The Morgan fingerprint density at radius 2 is 0.794 bits per heavy atom. The Morgan fingerprint density at radius 1 is 0.444 bits per heavy atom. The lowest BCUT2D eigenvalue weighted by molar-refractivity contribution is -0.158. The first kappa shape index (κ1) is 58.9. The van der Waals surface area contributed by atoms with Crippen LogP contribution >= 0.6 is 0 Å². The highest BCUT2D eigenvalue weighted by atomic mass is 16.7. The second kappa shape index (κ2) is 43.8. The number of unbranched alkanes of at least 4 members (excludes halogenated alkanes) is 18. The van der Waals surface area contributed by atoms with Gasteiger partial charge < -0.3 is 33.3 Å². The fraction of sp³-hybridized carbons (Fsp3) is 0.943. The van der Waals surface area contributed by atoms with Crippen LogP contribution in [0.25, 0.3) is 0 Å². The van der Waals surface area contributed by atoms with Gasteiger partial charge in [0.2, 0.25) is 0 Å². The number of likely N-dealkylation sites (tertiary alicyclic amines) is 1. The van der Waals surface area contributed by atoms with E-state index in [1.54, 1.807) is 0 Å². The van der Waals surface area contributed by atoms with Crippen molar-refractivity contribution in [3.05, 3.63) is 0 Å². The summed E-state index contributed by atoms with van der Waals surface area (Å²) in [5.74, 6) is 1.04. The van der Waals surface area contributed by atoms with E-state index < -0.39 is 12.3 Å². The molecule has 0 atom stereocenters. The van der Waals surface area contributed by atoms with Crippen LogP contribution in [0.1, 0.15) is 246 Å². The molecule has 372 valence electrons. The smallest absolute Gasteiger partial charge is 0.461 e. The summed E-state index contributed by atoms with van der Waals surface area (Å²) >= 11 is 0. The minimum Gasteiger partial charge on any atom is -0.461 e. The van der Waals surface area contributed by atoms with Crippen molar-refractivity contribution in [3.63, 3.8) is 0 Å². The van der Waals surface area contributed by atoms with Gasteiger partial charge in [-0.2, -0.15) is 0 Å². The predicted molar refractivity (Wildman–Crippen MR) is 258 cm³/mol. The van der Waals surface area contributed by atoms with Crippen molar-refractivity contribution in [3.8, 4) is 0 Å². The first-order valence-electron chi connectivity index (χ1n) is 26.9. The standard InChI is InChI=1S/C53H101NO9/c1-6-10-22-30-47(31-23-11-7-2)38-44-60-52(56)58-42-28-20-16-14-18-26-34-50(63-51(55)46-62-49-36-40-54(5)41-37-49)35-27-19-15-17-21-29-43-59-53(57)61-45-39-48(32-24-12-8-3)33-25-13-9-4/h47-50H,6-46H2,1-5H3. The van der Waals surface area contributed by atoms with E-state index in [0.29, 0.717) is 38.3 Å². The Kier molecular flexibility index (Phi) is 41.0. The molecule has 0 unspecified atom stereocenters. The molecule has 1 aliphatic heterocycles. The van der Waals surface area contributed by atoms with Crippen molar-refractivity contribution in [2.24, 2.45) is 11.8 Å². The second-order valence-corrected chi connectivity index (χ2v) is 18.9. The molecule has 1 heterocycles. The van der Waals surface area contributed by atoms with E-state index in [9.17, 15) is 14.4 Å². The summed E-state index contributed by atoms with van der Waals surface area (Å²) in [6, 6.07) is 0. The van der Waals surface area contributed by atoms with Gasteiger partial charge in [-0.1, -0.05) is 182 Å². The number of ether oxygens (including phenoxy) is 6. The molecule has 0 aromatic rings. The summed E-state index contributed by atoms with van der Waals surface area (Å²) in [5.41, 5.74) is 0. The Labute approximate surface area is 388 Å². The average molecular weight is 896 g/mol. The van der Waals surface area contributed by atoms with Crippen molar-refractivity contribution in [1.29, 1.82) is 0 Å². The zero-order chi connectivity index (χ0) is 45.9. The summed E-state index contributed by atoms with van der Waals surface area (Å²) < 4.78 is 33.5. The van der Waals surface area contributed by atoms with Crippen LogP contribution in [0.5, 0.6) is 0 Å². The number of nitrogens with zero attached hydrogens (tertiary/aromatic N) is 1. The summed E-state index contributed by atoms with van der Waals surface area (Å²) in [5, 5.41) is 0. The number of hydrogen-bond acceptors (Lipinski definition) is 10. The van der Waals surface area contributed by atoms with Crippen molar-refractivity contribution >= 4 is 18.3 Å². The van der Waals surface area contributed by atoms with Gasteiger partial charge in [-0.25, -0.2) is 14.4 Å². The largest absolute Gasteiger partial charge is 0.508 e. The number of esters is 1. The van der Waals surface area contributed by atoms with Gasteiger partial charge in [0.25, 0.3) is 0 Å². The van der Waals surface area contributed by atoms with Crippen molar-refractivity contribution in [2.75, 3.05) is 53.2 Å². The molecule has 63 heavy (non-hydrogen) atoms. The lowest BCUT2D eigenvalue weighted by Crippen LogP contribution is -2.35. The molecule has 1 aliphatic rings. The molecule has 10 heteroatoms. The predicted octanol–water partition coefficient (Wildman–Crippen LogP) is 15.1. The third kappa shape index (κ3) is 37.8. The van der Waals surface area contributed by atoms with Crippen LogP contribution in [0.2, 0.25) is 0 Å². The normalized spacial score (nSPS) is 13.6. The van der Waals surface area contributed by atoms with Gasteiger partial charge in [-0.05, 0) is 83.1 Å². The number of hydrogen-bond donors (Lipinski definition) is 0. The number of carbonyl (C=O) groups excluding carboxylic acids is 3. The molecule has 0 radical (unpaired) electrons. The molecule has 0 spiro atoms. The quantitative estimate of drug-likeness (QED) is 0.0333. The maximum absolute atomic E-state index is 12.8. The summed E-state index contributed by atoms with van der Waals surface area (Å²) in [6.07, 6.45) is 36.9. The van der Waals surface area contributed by atoms with E-state index >= 15 is 0 Å². The van der Waals surface area contributed by atoms with Gasteiger partial charge in [0.15, 0.2) is 0 Å². The number of piperidine rings is 1. The molecule has 1 rings (SSSR count). The van der Waals surface area contributed by atoms with Crippen molar-refractivity contribution in [1.82, 2.24) is 4.90 Å². The molecule has 0 aliphatic carbocycles. The van der Waals surface area contributed by atoms with E-state index in [1.165, 1.54) is 103 Å². The van der Waals surface area contributed by atoms with E-state index in [4.69, 9.17) is 28.4 Å². The summed E-state index contributed by atoms with van der Waals surface area (Å²) in [7, 11) is 2.12. The zero-order valence-corrected chi connectivity index (χ0v) is 41.9. The fourth-order valence-corrected chi connectivity index (χ4v) is 8.79. The van der Waals surface area contributed by atoms with Crippen LogP contribution in [0.15, 0.2) is 0 Å². The molecule has 0 aromatic heterocycles. The van der Waals surface area contributed by atoms with E-state index in [-0.39, 0.29) is 24.8 Å². The monoisotopic (exact) mass is 896 g/mol. The lowest BCUT2D eigenvalue weighted by atomic mass is 9.92. The maximum Gasteiger partial charge on any atom is 0.508 e. The van der Waals surface area contributed by atoms with Gasteiger partial charge in [0.1, 0.15) is 12.7 Å². The molecule has 1 fully saturated rings. The van der Waals surface area contributed by atoms with Gasteiger partial charge >= 0.3 is 18.3 Å². The molecule has 0 aromatic carbocycles. The molecular weight excluding hydrogens is 795 g/mol. The number of rotatable bonds is 44. The maximum atomic E-state index is 12.8. The minimum absolute atomic E-state index is 0.0351. The van der Waals surface area contributed by atoms with Crippen LogP contribution in [-0.4, -0.2) is 88.6 Å². The topological polar surface area (TPSA) is 110 Å². The van der Waals surface area contributed by atoms with Crippen LogP contribution in [0, 0.1) is 11.8 Å². The van der Waals surface area contributed by atoms with Crippen molar-refractivity contribution in [2.45, 2.75) is 258 Å². The van der Waals surface area contributed by atoms with E-state index in [0.717, 1.165) is 129 Å². The molecule has 10 nitrogen and oxygen atoms in total.